The van der Waals surface area contributed by atoms with Crippen LogP contribution in [0, 0.1) is 5.82 Å². The molecule has 7 heteroatoms. The second-order valence-electron chi connectivity index (χ2n) is 3.93. The zero-order chi connectivity index (χ0) is 14.9. The first kappa shape index (κ1) is 14.0. The van der Waals surface area contributed by atoms with E-state index in [1.54, 1.807) is 0 Å². The Morgan fingerprint density at radius 3 is 2.45 bits per heavy atom. The zero-order valence-electron chi connectivity index (χ0n) is 9.78. The lowest BCUT2D eigenvalue weighted by Gasteiger charge is -2.10. The van der Waals surface area contributed by atoms with E-state index in [0.29, 0.717) is 6.07 Å². The van der Waals surface area contributed by atoms with Crippen LogP contribution in [0.3, 0.4) is 0 Å². The number of benzene rings is 1. The molecular weight excluding hydrogens is 278 g/mol. The van der Waals surface area contributed by atoms with E-state index in [9.17, 15) is 22.4 Å². The molecule has 1 aromatic carbocycles. The van der Waals surface area contributed by atoms with Crippen LogP contribution in [0.2, 0.25) is 0 Å². The van der Waals surface area contributed by atoms with Crippen molar-refractivity contribution in [1.29, 1.82) is 0 Å². The van der Waals surface area contributed by atoms with Gasteiger partial charge in [-0.15, -0.1) is 0 Å². The van der Waals surface area contributed by atoms with Crippen molar-refractivity contribution < 1.29 is 27.5 Å². The first-order chi connectivity index (χ1) is 9.29. The van der Waals surface area contributed by atoms with Gasteiger partial charge in [-0.2, -0.15) is 13.2 Å². The zero-order valence-corrected chi connectivity index (χ0v) is 9.78. The molecular formula is C13H7F4NO2. The van der Waals surface area contributed by atoms with E-state index in [1.807, 2.05) is 0 Å². The van der Waals surface area contributed by atoms with Gasteiger partial charge in [0, 0.05) is 11.8 Å². The summed E-state index contributed by atoms with van der Waals surface area (Å²) in [6.45, 7) is 0. The molecule has 1 aromatic heterocycles. The van der Waals surface area contributed by atoms with Crippen molar-refractivity contribution in [2.45, 2.75) is 6.18 Å². The average Bonchev–Trinajstić information content (AvgIpc) is 2.37. The van der Waals surface area contributed by atoms with Crippen molar-refractivity contribution in [2.24, 2.45) is 0 Å². The van der Waals surface area contributed by atoms with Crippen molar-refractivity contribution in [2.75, 3.05) is 0 Å². The molecule has 1 heterocycles. The highest BCUT2D eigenvalue weighted by molar-refractivity contribution is 5.95. The number of halogens is 4. The van der Waals surface area contributed by atoms with Gasteiger partial charge in [-0.1, -0.05) is 12.1 Å². The molecule has 0 bridgehead atoms. The van der Waals surface area contributed by atoms with Crippen LogP contribution in [0.5, 0.6) is 0 Å². The molecule has 0 aliphatic carbocycles. The monoisotopic (exact) mass is 285 g/mol. The second kappa shape index (κ2) is 4.92. The number of alkyl halides is 3. The van der Waals surface area contributed by atoms with Gasteiger partial charge in [-0.3, -0.25) is 4.98 Å². The molecule has 0 unspecified atom stereocenters. The molecule has 0 fully saturated rings. The SMILES string of the molecule is O=C(O)c1cc(C(F)(F)F)ncc1-c1cccc(F)c1. The number of hydrogen-bond acceptors (Lipinski definition) is 2. The minimum atomic E-state index is -4.75. The number of hydrogen-bond donors (Lipinski definition) is 1. The first-order valence-electron chi connectivity index (χ1n) is 5.35. The van der Waals surface area contributed by atoms with E-state index in [1.165, 1.54) is 12.1 Å². The van der Waals surface area contributed by atoms with E-state index in [4.69, 9.17) is 5.11 Å². The third-order valence-electron chi connectivity index (χ3n) is 2.56. The number of pyridine rings is 1. The molecule has 1 N–H and O–H groups in total. The summed E-state index contributed by atoms with van der Waals surface area (Å²) < 4.78 is 50.6. The lowest BCUT2D eigenvalue weighted by Crippen LogP contribution is -2.11. The van der Waals surface area contributed by atoms with E-state index in [2.05, 4.69) is 4.98 Å². The summed E-state index contributed by atoms with van der Waals surface area (Å²) in [7, 11) is 0. The average molecular weight is 285 g/mol. The fraction of sp³-hybridized carbons (Fsp3) is 0.0769. The summed E-state index contributed by atoms with van der Waals surface area (Å²) >= 11 is 0. The molecule has 0 saturated carbocycles. The van der Waals surface area contributed by atoms with Crippen LogP contribution in [0.25, 0.3) is 11.1 Å². The van der Waals surface area contributed by atoms with Gasteiger partial charge in [0.2, 0.25) is 0 Å². The number of carbonyl (C=O) groups is 1. The smallest absolute Gasteiger partial charge is 0.433 e. The normalized spacial score (nSPS) is 11.4. The summed E-state index contributed by atoms with van der Waals surface area (Å²) in [6.07, 6.45) is -3.97. The molecule has 0 radical (unpaired) electrons. The number of rotatable bonds is 2. The van der Waals surface area contributed by atoms with Gasteiger partial charge in [0.15, 0.2) is 0 Å². The van der Waals surface area contributed by atoms with Crippen LogP contribution in [-0.4, -0.2) is 16.1 Å². The van der Waals surface area contributed by atoms with Crippen molar-refractivity contribution in [3.63, 3.8) is 0 Å². The number of nitrogens with zero attached hydrogens (tertiary/aromatic N) is 1. The number of aromatic nitrogens is 1. The molecule has 0 aliphatic heterocycles. The molecule has 2 rings (SSSR count). The number of carboxylic acids is 1. The highest BCUT2D eigenvalue weighted by atomic mass is 19.4. The van der Waals surface area contributed by atoms with Crippen LogP contribution >= 0.6 is 0 Å². The van der Waals surface area contributed by atoms with Gasteiger partial charge >= 0.3 is 12.1 Å². The van der Waals surface area contributed by atoms with Crippen LogP contribution in [0.4, 0.5) is 17.6 Å². The fourth-order valence-electron chi connectivity index (χ4n) is 1.67. The van der Waals surface area contributed by atoms with Gasteiger partial charge in [0.05, 0.1) is 5.56 Å². The summed E-state index contributed by atoms with van der Waals surface area (Å²) in [6, 6.07) is 5.31. The Morgan fingerprint density at radius 1 is 1.20 bits per heavy atom. The molecule has 104 valence electrons. The molecule has 0 aliphatic rings. The highest BCUT2D eigenvalue weighted by Gasteiger charge is 2.33. The number of aromatic carboxylic acids is 1. The molecule has 2 aromatic rings. The molecule has 0 amide bonds. The molecule has 20 heavy (non-hydrogen) atoms. The largest absolute Gasteiger partial charge is 0.478 e. The minimum Gasteiger partial charge on any atom is -0.478 e. The molecule has 3 nitrogen and oxygen atoms in total. The van der Waals surface area contributed by atoms with E-state index in [0.717, 1.165) is 18.3 Å². The first-order valence-corrected chi connectivity index (χ1v) is 5.35. The Labute approximate surface area is 110 Å². The van der Waals surface area contributed by atoms with Crippen LogP contribution < -0.4 is 0 Å². The summed E-state index contributed by atoms with van der Waals surface area (Å²) in [4.78, 5) is 14.3. The molecule has 0 saturated heterocycles. The van der Waals surface area contributed by atoms with E-state index >= 15 is 0 Å². The van der Waals surface area contributed by atoms with Gasteiger partial charge in [-0.05, 0) is 23.8 Å². The standard InChI is InChI=1S/C13H7F4NO2/c14-8-3-1-2-7(4-8)10-6-18-11(13(15,16)17)5-9(10)12(19)20/h1-6H,(H,19,20). The third kappa shape index (κ3) is 2.76. The lowest BCUT2D eigenvalue weighted by molar-refractivity contribution is -0.141. The highest BCUT2D eigenvalue weighted by Crippen LogP contribution is 2.31. The predicted octanol–water partition coefficient (Wildman–Crippen LogP) is 3.60. The quantitative estimate of drug-likeness (QED) is 0.858. The van der Waals surface area contributed by atoms with E-state index < -0.39 is 29.2 Å². The number of carboxylic acid groups (broad SMARTS) is 1. The Kier molecular flexibility index (Phi) is 3.44. The van der Waals surface area contributed by atoms with Gasteiger partial charge in [0.1, 0.15) is 11.5 Å². The third-order valence-corrected chi connectivity index (χ3v) is 2.56. The maximum absolute atomic E-state index is 13.1. The Morgan fingerprint density at radius 2 is 1.90 bits per heavy atom. The van der Waals surface area contributed by atoms with Crippen LogP contribution in [0.1, 0.15) is 16.1 Å². The Bertz CT molecular complexity index is 668. The summed E-state index contributed by atoms with van der Waals surface area (Å²) in [5.74, 6) is -2.17. The van der Waals surface area contributed by atoms with E-state index in [-0.39, 0.29) is 11.1 Å². The van der Waals surface area contributed by atoms with Crippen LogP contribution in [-0.2, 0) is 6.18 Å². The second-order valence-corrected chi connectivity index (χ2v) is 3.93. The van der Waals surface area contributed by atoms with Crippen molar-refractivity contribution >= 4 is 5.97 Å². The topological polar surface area (TPSA) is 50.2 Å². The fourth-order valence-corrected chi connectivity index (χ4v) is 1.67. The van der Waals surface area contributed by atoms with Crippen LogP contribution in [0.15, 0.2) is 36.5 Å². The van der Waals surface area contributed by atoms with Gasteiger partial charge in [-0.25, -0.2) is 9.18 Å². The van der Waals surface area contributed by atoms with Crippen molar-refractivity contribution in [1.82, 2.24) is 4.98 Å². The minimum absolute atomic E-state index is 0.0787. The molecule has 0 spiro atoms. The van der Waals surface area contributed by atoms with Crippen molar-refractivity contribution in [3.05, 3.63) is 53.6 Å². The maximum Gasteiger partial charge on any atom is 0.433 e. The predicted molar refractivity (Wildman–Crippen MR) is 61.6 cm³/mol. The Hall–Kier alpha value is -2.44. The molecule has 0 atom stereocenters. The lowest BCUT2D eigenvalue weighted by atomic mass is 10.0. The maximum atomic E-state index is 13.1. The van der Waals surface area contributed by atoms with Crippen molar-refractivity contribution in [3.8, 4) is 11.1 Å². The van der Waals surface area contributed by atoms with Gasteiger partial charge < -0.3 is 5.11 Å². The summed E-state index contributed by atoms with van der Waals surface area (Å²) in [5.41, 5.74) is -1.83. The Balaban J connectivity index is 2.62. The summed E-state index contributed by atoms with van der Waals surface area (Å²) in [5, 5.41) is 9.00. The van der Waals surface area contributed by atoms with Gasteiger partial charge in [0.25, 0.3) is 0 Å².